The van der Waals surface area contributed by atoms with Gasteiger partial charge in [-0.25, -0.2) is 0 Å². The minimum Gasteiger partial charge on any atom is -1.00 e. The number of halogens is 2. The molecule has 0 spiro atoms. The van der Waals surface area contributed by atoms with Gasteiger partial charge in [-0.15, -0.1) is 0 Å². The SMILES string of the molecule is [Al+2][CH2]CC1CCCCC1.[Cl-].[Cl-]. The Morgan fingerprint density at radius 2 is 1.55 bits per heavy atom. The van der Waals surface area contributed by atoms with Crippen molar-refractivity contribution in [1.82, 2.24) is 0 Å². The topological polar surface area (TPSA) is 0 Å². The summed E-state index contributed by atoms with van der Waals surface area (Å²) in [6, 6.07) is 0. The molecule has 1 rings (SSSR count). The first-order valence-corrected chi connectivity index (χ1v) is 4.95. The fraction of sp³-hybridized carbons (Fsp3) is 1.00. The van der Waals surface area contributed by atoms with E-state index in [1.807, 2.05) is 0 Å². The predicted octanol–water partition coefficient (Wildman–Crippen LogP) is -3.45. The van der Waals surface area contributed by atoms with Crippen molar-refractivity contribution in [2.45, 2.75) is 43.8 Å². The van der Waals surface area contributed by atoms with Gasteiger partial charge in [0.2, 0.25) is 0 Å². The van der Waals surface area contributed by atoms with Gasteiger partial charge >= 0.3 is 66.0 Å². The molecule has 0 saturated heterocycles. The molecule has 0 nitrogen and oxygen atoms in total. The van der Waals surface area contributed by atoms with E-state index in [2.05, 4.69) is 16.3 Å². The third kappa shape index (κ3) is 6.29. The maximum absolute atomic E-state index is 2.83. The molecule has 0 amide bonds. The van der Waals surface area contributed by atoms with Gasteiger partial charge in [-0.3, -0.25) is 0 Å². The van der Waals surface area contributed by atoms with Crippen LogP contribution in [0.4, 0.5) is 0 Å². The Hall–Kier alpha value is 1.11. The third-order valence-electron chi connectivity index (χ3n) is 2.30. The van der Waals surface area contributed by atoms with Crippen LogP contribution in [0.15, 0.2) is 0 Å². The van der Waals surface area contributed by atoms with Crippen molar-refractivity contribution in [3.8, 4) is 0 Å². The van der Waals surface area contributed by atoms with Crippen LogP contribution in [-0.4, -0.2) is 16.3 Å². The van der Waals surface area contributed by atoms with Crippen molar-refractivity contribution in [2.24, 2.45) is 5.92 Å². The van der Waals surface area contributed by atoms with Gasteiger partial charge in [0.25, 0.3) is 0 Å². The Morgan fingerprint density at radius 1 is 1.00 bits per heavy atom. The van der Waals surface area contributed by atoms with E-state index in [-0.39, 0.29) is 24.8 Å². The molecular formula is C8H15AlCl2. The van der Waals surface area contributed by atoms with E-state index >= 15 is 0 Å². The first-order valence-electron chi connectivity index (χ1n) is 4.13. The summed E-state index contributed by atoms with van der Waals surface area (Å²) in [5.74, 6) is 1.08. The van der Waals surface area contributed by atoms with Gasteiger partial charge in [-0.2, -0.15) is 0 Å². The van der Waals surface area contributed by atoms with Crippen LogP contribution in [0.2, 0.25) is 5.28 Å². The Bertz CT molecular complexity index is 69.7. The molecule has 11 heavy (non-hydrogen) atoms. The standard InChI is InChI=1S/C8H15.Al.2ClH/c1-2-8-6-4-3-5-7-8;;;/h8H,1-7H2;;2*1H/q;+2;;/p-2. The van der Waals surface area contributed by atoms with Crippen LogP contribution in [0, 0.1) is 5.92 Å². The summed E-state index contributed by atoms with van der Waals surface area (Å²) in [5, 5.41) is 1.31. The maximum atomic E-state index is 2.83. The van der Waals surface area contributed by atoms with E-state index in [1.54, 1.807) is 0 Å². The monoisotopic (exact) mass is 208 g/mol. The van der Waals surface area contributed by atoms with Crippen molar-refractivity contribution >= 4 is 16.3 Å². The van der Waals surface area contributed by atoms with Crippen LogP contribution in [0.25, 0.3) is 0 Å². The van der Waals surface area contributed by atoms with Gasteiger partial charge < -0.3 is 24.8 Å². The van der Waals surface area contributed by atoms with Crippen molar-refractivity contribution in [3.63, 3.8) is 0 Å². The van der Waals surface area contributed by atoms with Gasteiger partial charge in [-0.1, -0.05) is 0 Å². The van der Waals surface area contributed by atoms with Gasteiger partial charge in [0.15, 0.2) is 0 Å². The summed E-state index contributed by atoms with van der Waals surface area (Å²) in [6.45, 7) is 0. The molecule has 1 saturated carbocycles. The normalized spacial score (nSPS) is 18.4. The molecule has 0 unspecified atom stereocenters. The third-order valence-corrected chi connectivity index (χ3v) is 2.63. The van der Waals surface area contributed by atoms with E-state index in [0.717, 1.165) is 5.92 Å². The number of hydrogen-bond acceptors (Lipinski definition) is 0. The number of hydrogen-bond donors (Lipinski definition) is 0. The molecule has 0 N–H and O–H groups in total. The smallest absolute Gasteiger partial charge is 1.00 e. The van der Waals surface area contributed by atoms with Crippen molar-refractivity contribution in [2.75, 3.05) is 0 Å². The van der Waals surface area contributed by atoms with Gasteiger partial charge in [0.05, 0.1) is 0 Å². The minimum absolute atomic E-state index is 0. The Kier molecular flexibility index (Phi) is 12.2. The Morgan fingerprint density at radius 3 is 2.00 bits per heavy atom. The summed E-state index contributed by atoms with van der Waals surface area (Å²) in [6.07, 6.45) is 8.95. The van der Waals surface area contributed by atoms with Crippen LogP contribution in [-0.2, 0) is 0 Å². The van der Waals surface area contributed by atoms with Crippen molar-refractivity contribution < 1.29 is 24.8 Å². The maximum Gasteiger partial charge on any atom is -1.00 e. The van der Waals surface area contributed by atoms with Crippen LogP contribution < -0.4 is 24.8 Å². The molecule has 0 atom stereocenters. The molecule has 0 aromatic rings. The van der Waals surface area contributed by atoms with E-state index in [0.29, 0.717) is 0 Å². The summed E-state index contributed by atoms with van der Waals surface area (Å²) in [4.78, 5) is 0. The average Bonchev–Trinajstić information content (AvgIpc) is 1.91. The molecule has 64 valence electrons. The first kappa shape index (κ1) is 14.6. The zero-order valence-corrected chi connectivity index (χ0v) is 9.53. The second-order valence-corrected chi connectivity index (χ2v) is 3.66. The quantitative estimate of drug-likeness (QED) is 0.415. The molecule has 0 aliphatic heterocycles. The summed E-state index contributed by atoms with van der Waals surface area (Å²) >= 11 is 2.83. The molecule has 1 aliphatic carbocycles. The van der Waals surface area contributed by atoms with E-state index < -0.39 is 0 Å². The molecule has 0 heterocycles. The molecule has 0 radical (unpaired) electrons. The Balaban J connectivity index is 0. The second-order valence-electron chi connectivity index (χ2n) is 3.08. The fourth-order valence-corrected chi connectivity index (χ4v) is 2.18. The minimum atomic E-state index is 0. The molecule has 1 aliphatic rings. The van der Waals surface area contributed by atoms with Crippen LogP contribution in [0.1, 0.15) is 38.5 Å². The molecule has 3 heteroatoms. The molecule has 0 bridgehead atoms. The van der Waals surface area contributed by atoms with Gasteiger partial charge in [-0.05, 0) is 0 Å². The van der Waals surface area contributed by atoms with Crippen LogP contribution >= 0.6 is 0 Å². The van der Waals surface area contributed by atoms with Gasteiger partial charge in [0.1, 0.15) is 0 Å². The van der Waals surface area contributed by atoms with Crippen LogP contribution in [0.3, 0.4) is 0 Å². The summed E-state index contributed by atoms with van der Waals surface area (Å²) in [5.41, 5.74) is 0. The van der Waals surface area contributed by atoms with E-state index in [1.165, 1.54) is 43.8 Å². The molecule has 0 aromatic carbocycles. The van der Waals surface area contributed by atoms with E-state index in [9.17, 15) is 0 Å². The van der Waals surface area contributed by atoms with Crippen molar-refractivity contribution in [3.05, 3.63) is 0 Å². The largest absolute Gasteiger partial charge is 1.00 e. The Labute approximate surface area is 90.8 Å². The average molecular weight is 209 g/mol. The molecular weight excluding hydrogens is 194 g/mol. The molecule has 0 aromatic heterocycles. The summed E-state index contributed by atoms with van der Waals surface area (Å²) < 4.78 is 0. The fourth-order valence-electron chi connectivity index (χ4n) is 1.71. The van der Waals surface area contributed by atoms with E-state index in [4.69, 9.17) is 0 Å². The predicted molar refractivity (Wildman–Crippen MR) is 41.8 cm³/mol. The van der Waals surface area contributed by atoms with Crippen LogP contribution in [0.5, 0.6) is 0 Å². The zero-order chi connectivity index (χ0) is 6.53. The van der Waals surface area contributed by atoms with Crippen molar-refractivity contribution in [1.29, 1.82) is 0 Å². The first-order chi connectivity index (χ1) is 4.43. The number of rotatable bonds is 2. The summed E-state index contributed by atoms with van der Waals surface area (Å²) in [7, 11) is 0. The zero-order valence-electron chi connectivity index (χ0n) is 6.86. The molecule has 1 fully saturated rings. The second kappa shape index (κ2) is 9.20. The van der Waals surface area contributed by atoms with Gasteiger partial charge in [0, 0.05) is 0 Å².